The summed E-state index contributed by atoms with van der Waals surface area (Å²) in [5, 5.41) is 10.9. The Morgan fingerprint density at radius 1 is 1.11 bits per heavy atom. The van der Waals surface area contributed by atoms with Crippen LogP contribution in [0.1, 0.15) is 30.0 Å². The first kappa shape index (κ1) is 13.8. The molecule has 19 heavy (non-hydrogen) atoms. The molecule has 0 saturated carbocycles. The molecule has 1 nitrogen and oxygen atoms in total. The highest BCUT2D eigenvalue weighted by Crippen LogP contribution is 2.31. The fourth-order valence-corrected chi connectivity index (χ4v) is 2.49. The first-order valence-corrected chi connectivity index (χ1v) is 6.58. The van der Waals surface area contributed by atoms with Crippen LogP contribution < -0.4 is 0 Å². The highest BCUT2D eigenvalue weighted by atomic mass is 19.1. The van der Waals surface area contributed by atoms with Gasteiger partial charge in [0.1, 0.15) is 5.82 Å². The summed E-state index contributed by atoms with van der Waals surface area (Å²) < 4.78 is 13.2. The van der Waals surface area contributed by atoms with Gasteiger partial charge >= 0.3 is 0 Å². The van der Waals surface area contributed by atoms with Crippen molar-refractivity contribution in [3.05, 3.63) is 71.0 Å². The van der Waals surface area contributed by atoms with Crippen molar-refractivity contribution < 1.29 is 9.50 Å². The van der Waals surface area contributed by atoms with Gasteiger partial charge in [0.2, 0.25) is 0 Å². The number of benzene rings is 2. The van der Waals surface area contributed by atoms with Gasteiger partial charge < -0.3 is 5.11 Å². The van der Waals surface area contributed by atoms with Crippen molar-refractivity contribution in [3.8, 4) is 0 Å². The van der Waals surface area contributed by atoms with Gasteiger partial charge in [-0.3, -0.25) is 0 Å². The Morgan fingerprint density at radius 2 is 1.79 bits per heavy atom. The maximum absolute atomic E-state index is 13.2. The summed E-state index contributed by atoms with van der Waals surface area (Å²) in [4.78, 5) is 0. The molecule has 0 bridgehead atoms. The van der Waals surface area contributed by atoms with Crippen LogP contribution in [0, 0.1) is 12.7 Å². The molecule has 0 spiro atoms. The SMILES string of the molecule is CCC(O)(Cc1ccccc1)c1ccc(F)cc1C. The van der Waals surface area contributed by atoms with E-state index in [1.807, 2.05) is 44.2 Å². The molecule has 2 rings (SSSR count). The van der Waals surface area contributed by atoms with Crippen LogP contribution >= 0.6 is 0 Å². The van der Waals surface area contributed by atoms with Crippen LogP contribution in [0.3, 0.4) is 0 Å². The van der Waals surface area contributed by atoms with E-state index in [-0.39, 0.29) is 5.82 Å². The van der Waals surface area contributed by atoms with Crippen molar-refractivity contribution >= 4 is 0 Å². The van der Waals surface area contributed by atoms with Gasteiger partial charge in [-0.25, -0.2) is 4.39 Å². The number of aliphatic hydroxyl groups is 1. The summed E-state index contributed by atoms with van der Waals surface area (Å²) >= 11 is 0. The zero-order chi connectivity index (χ0) is 13.9. The van der Waals surface area contributed by atoms with Crippen molar-refractivity contribution in [2.75, 3.05) is 0 Å². The van der Waals surface area contributed by atoms with Crippen LogP contribution in [0.4, 0.5) is 4.39 Å². The minimum Gasteiger partial charge on any atom is -0.385 e. The van der Waals surface area contributed by atoms with Gasteiger partial charge in [-0.2, -0.15) is 0 Å². The second kappa shape index (κ2) is 5.54. The largest absolute Gasteiger partial charge is 0.385 e. The van der Waals surface area contributed by atoms with E-state index < -0.39 is 5.60 Å². The third-order valence-corrected chi connectivity index (χ3v) is 3.61. The van der Waals surface area contributed by atoms with Gasteiger partial charge in [0.15, 0.2) is 0 Å². The summed E-state index contributed by atoms with van der Waals surface area (Å²) in [5.41, 5.74) is 1.73. The van der Waals surface area contributed by atoms with Gasteiger partial charge in [-0.1, -0.05) is 43.3 Å². The summed E-state index contributed by atoms with van der Waals surface area (Å²) in [6, 6.07) is 14.5. The molecular weight excluding hydrogens is 239 g/mol. The molecule has 0 saturated heterocycles. The molecule has 0 aromatic heterocycles. The molecule has 0 aliphatic heterocycles. The quantitative estimate of drug-likeness (QED) is 0.879. The zero-order valence-electron chi connectivity index (χ0n) is 11.4. The molecule has 2 aromatic rings. The molecule has 0 aliphatic carbocycles. The first-order chi connectivity index (χ1) is 9.05. The number of rotatable bonds is 4. The highest BCUT2D eigenvalue weighted by Gasteiger charge is 2.29. The van der Waals surface area contributed by atoms with E-state index in [0.717, 1.165) is 16.7 Å². The number of aryl methyl sites for hydroxylation is 1. The van der Waals surface area contributed by atoms with E-state index >= 15 is 0 Å². The van der Waals surface area contributed by atoms with Crippen molar-refractivity contribution in [1.29, 1.82) is 0 Å². The van der Waals surface area contributed by atoms with E-state index in [9.17, 15) is 9.50 Å². The standard InChI is InChI=1S/C17H19FO/c1-3-17(19,12-14-7-5-4-6-8-14)16-10-9-15(18)11-13(16)2/h4-11,19H,3,12H2,1-2H3. The number of hydrogen-bond donors (Lipinski definition) is 1. The third-order valence-electron chi connectivity index (χ3n) is 3.61. The average molecular weight is 258 g/mol. The molecule has 2 heteroatoms. The molecule has 100 valence electrons. The maximum Gasteiger partial charge on any atom is 0.123 e. The summed E-state index contributed by atoms with van der Waals surface area (Å²) in [7, 11) is 0. The Labute approximate surface area is 113 Å². The molecule has 1 atom stereocenters. The van der Waals surface area contributed by atoms with E-state index in [1.54, 1.807) is 6.07 Å². The van der Waals surface area contributed by atoms with E-state index in [4.69, 9.17) is 0 Å². The molecule has 1 N–H and O–H groups in total. The average Bonchev–Trinajstić information content (AvgIpc) is 2.39. The Bertz CT molecular complexity index is 550. The Morgan fingerprint density at radius 3 is 2.37 bits per heavy atom. The van der Waals surface area contributed by atoms with Crippen molar-refractivity contribution in [2.45, 2.75) is 32.3 Å². The van der Waals surface area contributed by atoms with Gasteiger partial charge in [-0.15, -0.1) is 0 Å². The molecule has 0 radical (unpaired) electrons. The summed E-state index contributed by atoms with van der Waals surface area (Å²) in [6.45, 7) is 3.79. The third kappa shape index (κ3) is 3.02. The Kier molecular flexibility index (Phi) is 4.01. The highest BCUT2D eigenvalue weighted by molar-refractivity contribution is 5.34. The van der Waals surface area contributed by atoms with Crippen LogP contribution in [0.15, 0.2) is 48.5 Å². The smallest absolute Gasteiger partial charge is 0.123 e. The van der Waals surface area contributed by atoms with Crippen LogP contribution in [-0.4, -0.2) is 5.11 Å². The fraction of sp³-hybridized carbons (Fsp3) is 0.294. The second-order valence-electron chi connectivity index (χ2n) is 5.01. The molecule has 0 fully saturated rings. The Hall–Kier alpha value is -1.67. The lowest BCUT2D eigenvalue weighted by Gasteiger charge is -2.29. The monoisotopic (exact) mass is 258 g/mol. The van der Waals surface area contributed by atoms with Gasteiger partial charge in [-0.05, 0) is 42.2 Å². The fourth-order valence-electron chi connectivity index (χ4n) is 2.49. The second-order valence-corrected chi connectivity index (χ2v) is 5.01. The summed E-state index contributed by atoms with van der Waals surface area (Å²) in [5.74, 6) is -0.264. The van der Waals surface area contributed by atoms with Crippen molar-refractivity contribution in [2.24, 2.45) is 0 Å². The van der Waals surface area contributed by atoms with Crippen LogP contribution in [0.25, 0.3) is 0 Å². The lowest BCUT2D eigenvalue weighted by Crippen LogP contribution is -2.28. The molecular formula is C17H19FO. The predicted molar refractivity (Wildman–Crippen MR) is 75.5 cm³/mol. The molecule has 0 aliphatic rings. The summed E-state index contributed by atoms with van der Waals surface area (Å²) in [6.07, 6.45) is 1.13. The van der Waals surface area contributed by atoms with Crippen molar-refractivity contribution in [1.82, 2.24) is 0 Å². The van der Waals surface area contributed by atoms with E-state index in [0.29, 0.717) is 12.8 Å². The van der Waals surface area contributed by atoms with E-state index in [1.165, 1.54) is 12.1 Å². The minimum absolute atomic E-state index is 0.264. The van der Waals surface area contributed by atoms with Gasteiger partial charge in [0.05, 0.1) is 5.60 Å². The number of halogens is 1. The minimum atomic E-state index is -0.945. The Balaban J connectivity index is 2.36. The van der Waals surface area contributed by atoms with Gasteiger partial charge in [0, 0.05) is 6.42 Å². The maximum atomic E-state index is 13.2. The van der Waals surface area contributed by atoms with Gasteiger partial charge in [0.25, 0.3) is 0 Å². The van der Waals surface area contributed by atoms with Crippen LogP contribution in [0.5, 0.6) is 0 Å². The van der Waals surface area contributed by atoms with Crippen LogP contribution in [0.2, 0.25) is 0 Å². The normalized spacial score (nSPS) is 14.1. The van der Waals surface area contributed by atoms with Crippen LogP contribution in [-0.2, 0) is 12.0 Å². The molecule has 0 heterocycles. The zero-order valence-corrected chi connectivity index (χ0v) is 11.4. The molecule has 0 amide bonds. The lowest BCUT2D eigenvalue weighted by atomic mass is 9.83. The predicted octanol–water partition coefficient (Wildman–Crippen LogP) is 3.97. The first-order valence-electron chi connectivity index (χ1n) is 6.58. The topological polar surface area (TPSA) is 20.2 Å². The number of hydrogen-bond acceptors (Lipinski definition) is 1. The van der Waals surface area contributed by atoms with E-state index in [2.05, 4.69) is 0 Å². The molecule has 1 unspecified atom stereocenters. The lowest BCUT2D eigenvalue weighted by molar-refractivity contribution is 0.0320. The van der Waals surface area contributed by atoms with Crippen molar-refractivity contribution in [3.63, 3.8) is 0 Å². The molecule has 2 aromatic carbocycles.